The Kier molecular flexibility index (Phi) is 4.95. The van der Waals surface area contributed by atoms with Gasteiger partial charge in [-0.05, 0) is 6.92 Å². The van der Waals surface area contributed by atoms with E-state index in [1.54, 1.807) is 0 Å². The van der Waals surface area contributed by atoms with Gasteiger partial charge in [-0.25, -0.2) is 0 Å². The van der Waals surface area contributed by atoms with E-state index >= 15 is 0 Å². The lowest BCUT2D eigenvalue weighted by Gasteiger charge is -2.18. The first-order valence-electron chi connectivity index (χ1n) is 2.93. The van der Waals surface area contributed by atoms with Crippen LogP contribution >= 0.6 is 0 Å². The van der Waals surface area contributed by atoms with Gasteiger partial charge in [0, 0.05) is 13.0 Å². The lowest BCUT2D eigenvalue weighted by Crippen LogP contribution is -3.06. The lowest BCUT2D eigenvalue weighted by molar-refractivity contribution is -0.846. The van der Waals surface area contributed by atoms with E-state index in [1.807, 2.05) is 6.92 Å². The van der Waals surface area contributed by atoms with Crippen molar-refractivity contribution in [1.82, 2.24) is 0 Å². The number of rotatable bonds is 4. The molecule has 0 aliphatic carbocycles. The third-order valence-corrected chi connectivity index (χ3v) is 1.01. The van der Waals surface area contributed by atoms with E-state index in [0.717, 1.165) is 0 Å². The highest BCUT2D eigenvalue weighted by Crippen LogP contribution is 1.64. The van der Waals surface area contributed by atoms with Gasteiger partial charge in [0.05, 0.1) is 13.1 Å². The van der Waals surface area contributed by atoms with Gasteiger partial charge in [0.15, 0.2) is 0 Å². The Labute approximate surface area is 49.5 Å². The molecule has 0 aliphatic rings. The molecule has 0 aromatic heterocycles. The quantitative estimate of drug-likeness (QED) is 0.455. The van der Waals surface area contributed by atoms with Gasteiger partial charge in [-0.2, -0.15) is 0 Å². The normalized spacial score (nSPS) is 13.9. The van der Waals surface area contributed by atoms with Gasteiger partial charge in [0.1, 0.15) is 0 Å². The molecule has 0 spiro atoms. The fourth-order valence-corrected chi connectivity index (χ4v) is 0.453. The molecule has 0 bridgehead atoms. The van der Waals surface area contributed by atoms with E-state index in [0.29, 0.717) is 19.5 Å². The number of aliphatic hydroxyl groups excluding tert-OH is 1. The minimum atomic E-state index is 0.131. The van der Waals surface area contributed by atoms with Crippen molar-refractivity contribution in [3.8, 4) is 0 Å². The molecule has 1 unspecified atom stereocenters. The van der Waals surface area contributed by atoms with Crippen LogP contribution in [0.5, 0.6) is 0 Å². The van der Waals surface area contributed by atoms with E-state index in [2.05, 4.69) is 0 Å². The van der Waals surface area contributed by atoms with Gasteiger partial charge in [0.25, 0.3) is 0 Å². The standard InChI is InChI=1S/C5H13NO2/c1-2-6(8)4-3-5-7/h6-7H,2-5H2,1H3. The molecule has 50 valence electrons. The Morgan fingerprint density at radius 3 is 2.62 bits per heavy atom. The monoisotopic (exact) mass is 119 g/mol. The lowest BCUT2D eigenvalue weighted by atomic mass is 10.4. The van der Waals surface area contributed by atoms with Gasteiger partial charge in [-0.1, -0.05) is 0 Å². The van der Waals surface area contributed by atoms with Crippen LogP contribution in [0.15, 0.2) is 0 Å². The van der Waals surface area contributed by atoms with E-state index in [-0.39, 0.29) is 11.7 Å². The second-order valence-corrected chi connectivity index (χ2v) is 1.72. The summed E-state index contributed by atoms with van der Waals surface area (Å²) in [4.78, 5) is 0. The average Bonchev–Trinajstić information content (AvgIpc) is 1.83. The zero-order chi connectivity index (χ0) is 6.41. The first kappa shape index (κ1) is 7.88. The summed E-state index contributed by atoms with van der Waals surface area (Å²) in [6.07, 6.45) is 0.618. The molecule has 8 heavy (non-hydrogen) atoms. The van der Waals surface area contributed by atoms with Crippen LogP contribution in [0.25, 0.3) is 0 Å². The Hall–Kier alpha value is -0.120. The van der Waals surface area contributed by atoms with Crippen molar-refractivity contribution < 1.29 is 10.2 Å². The summed E-state index contributed by atoms with van der Waals surface area (Å²) < 4.78 is 0. The highest BCUT2D eigenvalue weighted by Gasteiger charge is 1.89. The predicted octanol–water partition coefficient (Wildman–Crippen LogP) is -1.23. The van der Waals surface area contributed by atoms with Crippen LogP contribution in [0, 0.1) is 5.21 Å². The van der Waals surface area contributed by atoms with Crippen LogP contribution in [0.1, 0.15) is 13.3 Å². The van der Waals surface area contributed by atoms with E-state index < -0.39 is 0 Å². The van der Waals surface area contributed by atoms with Gasteiger partial charge >= 0.3 is 0 Å². The summed E-state index contributed by atoms with van der Waals surface area (Å²) in [6, 6.07) is 0. The average molecular weight is 119 g/mol. The molecule has 0 fully saturated rings. The number of hydrogen-bond acceptors (Lipinski definition) is 2. The smallest absolute Gasteiger partial charge is 0.0790 e. The number of quaternary nitrogens is 1. The maximum Gasteiger partial charge on any atom is 0.0790 e. The maximum atomic E-state index is 10.5. The van der Waals surface area contributed by atoms with Crippen molar-refractivity contribution in [3.63, 3.8) is 0 Å². The molecule has 1 atom stereocenters. The Bertz CT molecular complexity index is 49.7. The van der Waals surface area contributed by atoms with E-state index in [1.165, 1.54) is 0 Å². The Morgan fingerprint density at radius 1 is 1.62 bits per heavy atom. The Balaban J connectivity index is 2.86. The summed E-state index contributed by atoms with van der Waals surface area (Å²) in [7, 11) is 0. The molecular formula is C5H13NO2. The van der Waals surface area contributed by atoms with Gasteiger partial charge < -0.3 is 15.4 Å². The minimum Gasteiger partial charge on any atom is -0.634 e. The van der Waals surface area contributed by atoms with Crippen LogP contribution in [0.3, 0.4) is 0 Å². The van der Waals surface area contributed by atoms with Crippen molar-refractivity contribution in [2.24, 2.45) is 0 Å². The summed E-state index contributed by atoms with van der Waals surface area (Å²) in [5.41, 5.74) is 0. The molecule has 0 aliphatic heterocycles. The second-order valence-electron chi connectivity index (χ2n) is 1.72. The molecule has 0 amide bonds. The minimum absolute atomic E-state index is 0.131. The molecular weight excluding hydrogens is 106 g/mol. The topological polar surface area (TPSA) is 47.7 Å². The fraction of sp³-hybridized carbons (Fsp3) is 1.00. The molecule has 0 saturated carbocycles. The zero-order valence-corrected chi connectivity index (χ0v) is 5.18. The molecule has 0 aromatic rings. The van der Waals surface area contributed by atoms with E-state index in [4.69, 9.17) is 5.11 Å². The molecule has 3 nitrogen and oxygen atoms in total. The van der Waals surface area contributed by atoms with Crippen LogP contribution in [0.4, 0.5) is 0 Å². The molecule has 0 heterocycles. The first-order valence-corrected chi connectivity index (χ1v) is 2.93. The van der Waals surface area contributed by atoms with Crippen molar-refractivity contribution in [2.75, 3.05) is 19.7 Å². The fourth-order valence-electron chi connectivity index (χ4n) is 0.453. The number of nitrogens with one attached hydrogen (secondary N) is 1. The first-order chi connectivity index (χ1) is 3.81. The SMILES string of the molecule is CC[NH+]([O-])CCCO. The molecule has 0 saturated heterocycles. The highest BCUT2D eigenvalue weighted by molar-refractivity contribution is 4.28. The zero-order valence-electron chi connectivity index (χ0n) is 5.18. The van der Waals surface area contributed by atoms with E-state index in [9.17, 15) is 5.21 Å². The summed E-state index contributed by atoms with van der Waals surface area (Å²) in [6.45, 7) is 3.10. The Morgan fingerprint density at radius 2 is 2.25 bits per heavy atom. The third-order valence-electron chi connectivity index (χ3n) is 1.01. The van der Waals surface area contributed by atoms with Gasteiger partial charge in [0.2, 0.25) is 0 Å². The highest BCUT2D eigenvalue weighted by atomic mass is 16.5. The summed E-state index contributed by atoms with van der Waals surface area (Å²) in [5, 5.41) is 19.0. The van der Waals surface area contributed by atoms with Crippen LogP contribution < -0.4 is 5.06 Å². The summed E-state index contributed by atoms with van der Waals surface area (Å²) in [5.74, 6) is 0. The van der Waals surface area contributed by atoms with Crippen molar-refractivity contribution in [1.29, 1.82) is 0 Å². The second kappa shape index (κ2) is 5.03. The largest absolute Gasteiger partial charge is 0.634 e. The predicted molar refractivity (Wildman–Crippen MR) is 31.4 cm³/mol. The number of hydrogen-bond donors (Lipinski definition) is 2. The van der Waals surface area contributed by atoms with Gasteiger partial charge in [-0.3, -0.25) is 0 Å². The van der Waals surface area contributed by atoms with Crippen molar-refractivity contribution >= 4 is 0 Å². The molecule has 3 heteroatoms. The van der Waals surface area contributed by atoms with Gasteiger partial charge in [-0.15, -0.1) is 0 Å². The number of aliphatic hydroxyl groups is 1. The van der Waals surface area contributed by atoms with Crippen LogP contribution in [-0.4, -0.2) is 24.8 Å². The molecule has 0 aromatic carbocycles. The molecule has 0 radical (unpaired) electrons. The molecule has 2 N–H and O–H groups in total. The van der Waals surface area contributed by atoms with Crippen LogP contribution in [-0.2, 0) is 0 Å². The third kappa shape index (κ3) is 4.05. The maximum absolute atomic E-state index is 10.5. The summed E-state index contributed by atoms with van der Waals surface area (Å²) >= 11 is 0. The van der Waals surface area contributed by atoms with Crippen molar-refractivity contribution in [3.05, 3.63) is 5.21 Å². The molecule has 0 rings (SSSR count). The number of hydroxylamine groups is 2. The van der Waals surface area contributed by atoms with Crippen molar-refractivity contribution in [2.45, 2.75) is 13.3 Å². The van der Waals surface area contributed by atoms with Crippen LogP contribution in [0.2, 0.25) is 0 Å².